The van der Waals surface area contributed by atoms with E-state index in [-0.39, 0.29) is 23.6 Å². The first-order valence-electron chi connectivity index (χ1n) is 8.97. The van der Waals surface area contributed by atoms with Crippen molar-refractivity contribution in [1.29, 1.82) is 0 Å². The molecule has 0 aliphatic heterocycles. The third-order valence-corrected chi connectivity index (χ3v) is 5.52. The van der Waals surface area contributed by atoms with Crippen molar-refractivity contribution < 1.29 is 9.53 Å². The van der Waals surface area contributed by atoms with Crippen molar-refractivity contribution >= 4 is 35.0 Å². The van der Waals surface area contributed by atoms with Crippen LogP contribution in [0, 0.1) is 6.92 Å². The van der Waals surface area contributed by atoms with Gasteiger partial charge in [0.05, 0.1) is 13.3 Å². The van der Waals surface area contributed by atoms with Crippen LogP contribution >= 0.6 is 23.4 Å². The average molecular weight is 429 g/mol. The summed E-state index contributed by atoms with van der Waals surface area (Å²) >= 11 is 7.49. The van der Waals surface area contributed by atoms with Crippen molar-refractivity contribution in [3.8, 4) is 5.75 Å². The van der Waals surface area contributed by atoms with E-state index in [9.17, 15) is 9.59 Å². The van der Waals surface area contributed by atoms with Crippen molar-refractivity contribution in [3.05, 3.63) is 87.3 Å². The molecule has 7 heteroatoms. The molecule has 0 aliphatic carbocycles. The summed E-state index contributed by atoms with van der Waals surface area (Å²) in [5, 5.41) is 3.56. The summed E-state index contributed by atoms with van der Waals surface area (Å²) in [4.78, 5) is 25.8. The van der Waals surface area contributed by atoms with Gasteiger partial charge in [0.15, 0.2) is 5.75 Å². The molecule has 0 aliphatic rings. The van der Waals surface area contributed by atoms with Crippen LogP contribution in [0.4, 0.5) is 5.69 Å². The van der Waals surface area contributed by atoms with Crippen LogP contribution in [0.2, 0.25) is 5.02 Å². The number of pyridine rings is 1. The Kier molecular flexibility index (Phi) is 7.01. The van der Waals surface area contributed by atoms with Crippen LogP contribution in [0.3, 0.4) is 0 Å². The van der Waals surface area contributed by atoms with Gasteiger partial charge in [0, 0.05) is 33.1 Å². The highest BCUT2D eigenvalue weighted by Crippen LogP contribution is 2.24. The molecule has 1 heterocycles. The first-order valence-corrected chi connectivity index (χ1v) is 10.3. The molecule has 1 amide bonds. The van der Waals surface area contributed by atoms with Crippen LogP contribution in [0.1, 0.15) is 11.3 Å². The SMILES string of the molecule is COc1cn(CC(=O)Nc2cccc(C)c2)c(CSc2ccc(Cl)cc2)cc1=O. The molecule has 0 unspecified atom stereocenters. The maximum Gasteiger partial charge on any atom is 0.244 e. The van der Waals surface area contributed by atoms with E-state index in [0.717, 1.165) is 21.8 Å². The number of aromatic nitrogens is 1. The smallest absolute Gasteiger partial charge is 0.244 e. The summed E-state index contributed by atoms with van der Waals surface area (Å²) in [5.74, 6) is 0.547. The molecular formula is C22H21ClN2O3S. The Bertz CT molecular complexity index is 1060. The zero-order chi connectivity index (χ0) is 20.8. The molecule has 5 nitrogen and oxygen atoms in total. The molecular weight excluding hydrogens is 408 g/mol. The van der Waals surface area contributed by atoms with Crippen molar-refractivity contribution in [2.24, 2.45) is 0 Å². The van der Waals surface area contributed by atoms with E-state index in [0.29, 0.717) is 10.8 Å². The Hall–Kier alpha value is -2.70. The van der Waals surface area contributed by atoms with Crippen molar-refractivity contribution in [1.82, 2.24) is 4.57 Å². The van der Waals surface area contributed by atoms with Crippen LogP contribution in [-0.4, -0.2) is 17.6 Å². The molecule has 2 aromatic carbocycles. The summed E-state index contributed by atoms with van der Waals surface area (Å²) in [6, 6.07) is 16.6. The molecule has 0 fully saturated rings. The highest BCUT2D eigenvalue weighted by molar-refractivity contribution is 7.98. The van der Waals surface area contributed by atoms with E-state index in [4.69, 9.17) is 16.3 Å². The van der Waals surface area contributed by atoms with E-state index >= 15 is 0 Å². The van der Waals surface area contributed by atoms with E-state index in [2.05, 4.69) is 5.32 Å². The normalized spacial score (nSPS) is 10.6. The number of thioether (sulfide) groups is 1. The third kappa shape index (κ3) is 5.89. The van der Waals surface area contributed by atoms with Crippen LogP contribution in [0.5, 0.6) is 5.75 Å². The van der Waals surface area contributed by atoms with Crippen molar-refractivity contribution in [2.45, 2.75) is 24.1 Å². The maximum atomic E-state index is 12.6. The minimum absolute atomic E-state index is 0.0705. The van der Waals surface area contributed by atoms with Gasteiger partial charge in [0.1, 0.15) is 6.54 Å². The predicted molar refractivity (Wildman–Crippen MR) is 118 cm³/mol. The second-order valence-corrected chi connectivity index (χ2v) is 7.97. The number of halogens is 1. The van der Waals surface area contributed by atoms with Gasteiger partial charge in [-0.15, -0.1) is 11.8 Å². The molecule has 0 spiro atoms. The van der Waals surface area contributed by atoms with Gasteiger partial charge >= 0.3 is 0 Å². The molecule has 0 radical (unpaired) electrons. The molecule has 1 N–H and O–H groups in total. The van der Waals surface area contributed by atoms with Gasteiger partial charge in [0.25, 0.3) is 0 Å². The largest absolute Gasteiger partial charge is 0.491 e. The Morgan fingerprint density at radius 1 is 1.17 bits per heavy atom. The first kappa shape index (κ1) is 21.0. The van der Waals surface area contributed by atoms with E-state index in [1.165, 1.54) is 13.2 Å². The zero-order valence-electron chi connectivity index (χ0n) is 16.1. The monoisotopic (exact) mass is 428 g/mol. The topological polar surface area (TPSA) is 60.3 Å². The Labute approximate surface area is 178 Å². The molecule has 0 saturated carbocycles. The number of methoxy groups -OCH3 is 1. The number of benzene rings is 2. The van der Waals surface area contributed by atoms with E-state index in [1.54, 1.807) is 22.5 Å². The van der Waals surface area contributed by atoms with Crippen LogP contribution in [0.25, 0.3) is 0 Å². The summed E-state index contributed by atoms with van der Waals surface area (Å²) in [6.07, 6.45) is 1.58. The first-order chi connectivity index (χ1) is 13.9. The number of aryl methyl sites for hydroxylation is 1. The fraction of sp³-hybridized carbons (Fsp3) is 0.182. The van der Waals surface area contributed by atoms with Gasteiger partial charge in [-0.05, 0) is 48.9 Å². The van der Waals surface area contributed by atoms with E-state index in [1.807, 2.05) is 55.5 Å². The second-order valence-electron chi connectivity index (χ2n) is 6.49. The Morgan fingerprint density at radius 3 is 2.62 bits per heavy atom. The highest BCUT2D eigenvalue weighted by atomic mass is 35.5. The van der Waals surface area contributed by atoms with Crippen LogP contribution < -0.4 is 15.5 Å². The maximum absolute atomic E-state index is 12.6. The number of nitrogens with one attached hydrogen (secondary N) is 1. The summed E-state index contributed by atoms with van der Waals surface area (Å²) < 4.78 is 6.89. The number of nitrogens with zero attached hydrogens (tertiary/aromatic N) is 1. The van der Waals surface area contributed by atoms with Gasteiger partial charge in [-0.3, -0.25) is 9.59 Å². The standard InChI is InChI=1S/C22H21ClN2O3S/c1-15-4-3-5-17(10-15)24-22(27)13-25-12-21(28-2)20(26)11-18(25)14-29-19-8-6-16(23)7-9-19/h3-12H,13-14H2,1-2H3,(H,24,27). The zero-order valence-corrected chi connectivity index (χ0v) is 17.7. The van der Waals surface area contributed by atoms with Crippen molar-refractivity contribution in [3.63, 3.8) is 0 Å². The number of ether oxygens (including phenoxy) is 1. The molecule has 0 atom stereocenters. The summed E-state index contributed by atoms with van der Waals surface area (Å²) in [6.45, 7) is 2.04. The second kappa shape index (κ2) is 9.67. The molecule has 3 rings (SSSR count). The van der Waals surface area contributed by atoms with Crippen molar-refractivity contribution in [2.75, 3.05) is 12.4 Å². The van der Waals surface area contributed by atoms with Gasteiger partial charge in [-0.25, -0.2) is 0 Å². The number of anilines is 1. The lowest BCUT2D eigenvalue weighted by atomic mass is 10.2. The number of carbonyl (C=O) groups excluding carboxylic acids is 1. The molecule has 0 bridgehead atoms. The summed E-state index contributed by atoms with van der Waals surface area (Å²) in [7, 11) is 1.44. The van der Waals surface area contributed by atoms with E-state index < -0.39 is 0 Å². The third-order valence-electron chi connectivity index (χ3n) is 4.22. The minimum atomic E-state index is -0.213. The number of hydrogen-bond acceptors (Lipinski definition) is 4. The Balaban J connectivity index is 1.78. The van der Waals surface area contributed by atoms with Crippen LogP contribution in [-0.2, 0) is 17.1 Å². The lowest BCUT2D eigenvalue weighted by molar-refractivity contribution is -0.116. The fourth-order valence-corrected chi connectivity index (χ4v) is 3.80. The van der Waals surface area contributed by atoms with Gasteiger partial charge in [-0.1, -0.05) is 23.7 Å². The lowest BCUT2D eigenvalue weighted by Crippen LogP contribution is -2.22. The lowest BCUT2D eigenvalue weighted by Gasteiger charge is -2.15. The van der Waals surface area contributed by atoms with Gasteiger partial charge in [0.2, 0.25) is 11.3 Å². The number of hydrogen-bond donors (Lipinski definition) is 1. The number of rotatable bonds is 7. The molecule has 150 valence electrons. The fourth-order valence-electron chi connectivity index (χ4n) is 2.78. The molecule has 1 aromatic heterocycles. The molecule has 29 heavy (non-hydrogen) atoms. The number of carbonyl (C=O) groups is 1. The number of amides is 1. The summed E-state index contributed by atoms with van der Waals surface area (Å²) in [5.41, 5.74) is 2.32. The quantitative estimate of drug-likeness (QED) is 0.551. The van der Waals surface area contributed by atoms with Gasteiger partial charge in [-0.2, -0.15) is 0 Å². The molecule has 3 aromatic rings. The van der Waals surface area contributed by atoms with Crippen LogP contribution in [0.15, 0.2) is 70.5 Å². The average Bonchev–Trinajstić information content (AvgIpc) is 2.69. The predicted octanol–water partition coefficient (Wildman–Crippen LogP) is 4.75. The minimum Gasteiger partial charge on any atom is -0.491 e. The Morgan fingerprint density at radius 2 is 1.93 bits per heavy atom. The van der Waals surface area contributed by atoms with Gasteiger partial charge < -0.3 is 14.6 Å². The molecule has 0 saturated heterocycles. The highest BCUT2D eigenvalue weighted by Gasteiger charge is 2.12.